The van der Waals surface area contributed by atoms with Crippen LogP contribution in [-0.2, 0) is 11.2 Å². The highest BCUT2D eigenvalue weighted by molar-refractivity contribution is 6.08. The summed E-state index contributed by atoms with van der Waals surface area (Å²) in [5, 5.41) is 21.8. The number of fused-ring (bicyclic) bond motifs is 1. The zero-order valence-electron chi connectivity index (χ0n) is 45.9. The number of hydrogen-bond donors (Lipinski definition) is 4. The van der Waals surface area contributed by atoms with Gasteiger partial charge < -0.3 is 26.2 Å². The van der Waals surface area contributed by atoms with Crippen molar-refractivity contribution in [3.05, 3.63) is 131 Å². The number of nitrogens with zero attached hydrogens (tertiary/aromatic N) is 11. The van der Waals surface area contributed by atoms with E-state index in [4.69, 9.17) is 16.7 Å². The Labute approximate surface area is 458 Å². The van der Waals surface area contributed by atoms with Crippen LogP contribution in [0.3, 0.4) is 0 Å². The number of carbonyl (C=O) groups is 3. The van der Waals surface area contributed by atoms with Crippen molar-refractivity contribution in [1.29, 1.82) is 0 Å². The first-order valence-electron chi connectivity index (χ1n) is 28.5. The fourth-order valence-corrected chi connectivity index (χ4v) is 11.9. The molecule has 7 heterocycles. The van der Waals surface area contributed by atoms with Gasteiger partial charge in [0.15, 0.2) is 11.7 Å². The molecule has 10 rings (SSSR count). The highest BCUT2D eigenvalue weighted by Gasteiger charge is 2.34. The van der Waals surface area contributed by atoms with E-state index in [1.165, 1.54) is 48.0 Å². The first-order valence-corrected chi connectivity index (χ1v) is 28.5. The Morgan fingerprint density at radius 1 is 0.859 bits per heavy atom. The Kier molecular flexibility index (Phi) is 16.9. The Balaban J connectivity index is 0.753. The maximum absolute atomic E-state index is 14.2. The van der Waals surface area contributed by atoms with Gasteiger partial charge >= 0.3 is 0 Å². The molecule has 4 aromatic heterocycles. The van der Waals surface area contributed by atoms with Crippen molar-refractivity contribution in [1.82, 2.24) is 49.3 Å². The molecule has 0 bridgehead atoms. The monoisotopic (exact) mass is 1060 g/mol. The lowest BCUT2D eigenvalue weighted by Crippen LogP contribution is -2.46. The van der Waals surface area contributed by atoms with Crippen LogP contribution in [0.15, 0.2) is 97.2 Å². The Morgan fingerprint density at radius 3 is 2.28 bits per heavy atom. The second kappa shape index (κ2) is 24.5. The van der Waals surface area contributed by atoms with E-state index < -0.39 is 0 Å². The zero-order chi connectivity index (χ0) is 54.3. The van der Waals surface area contributed by atoms with Crippen LogP contribution in [0.5, 0.6) is 0 Å². The number of likely N-dealkylation sites (tertiary alicyclic amines) is 2. The minimum atomic E-state index is -0.387. The molecule has 2 atom stereocenters. The van der Waals surface area contributed by atoms with E-state index >= 15 is 0 Å². The molecular formula is C60H78N15O3+. The lowest BCUT2D eigenvalue weighted by Gasteiger charge is -2.39. The number of aryl methyl sites for hydroxylation is 2. The van der Waals surface area contributed by atoms with Gasteiger partial charge in [-0.3, -0.25) is 19.4 Å². The Bertz CT molecular complexity index is 3150. The van der Waals surface area contributed by atoms with E-state index in [1.807, 2.05) is 77.2 Å². The molecule has 2 saturated heterocycles. The number of nitrogens with two attached hydrogens (primary N) is 2. The van der Waals surface area contributed by atoms with E-state index in [0.29, 0.717) is 65.6 Å². The lowest BCUT2D eigenvalue weighted by molar-refractivity contribution is -0.572. The standard InChI is InChI=1S/C60H77N15O3/c1-5-6-10-29-72-57(61)51(39-64-72)59(77)66-54(73(62)48-17-13-41(2)14-18-48)36-43(4)44-22-30-70(31-23-44)47-26-34-71(35-27-47)56(76)37-50-21-28-63-58-52(40-65-75(50)58)60(78)67-55-38-53(68-74(55)49-19-15-42(3)16-20-49)45-24-32-69(33-25-45)46-11-8-7-9-12-46/h10,13-21,28-30,36,38-40,43-47H,5-9,11-12,22-27,31-35,37,62H2,1-4H3,(H3-,61,64,66,67,68,77,78)/p+1. The van der Waals surface area contributed by atoms with Gasteiger partial charge in [0.1, 0.15) is 41.3 Å². The number of nitrogen functional groups attached to an aromatic ring is 1. The predicted octanol–water partition coefficient (Wildman–Crippen LogP) is 8.66. The molecule has 3 fully saturated rings. The van der Waals surface area contributed by atoms with Crippen LogP contribution in [0.4, 0.5) is 17.3 Å². The van der Waals surface area contributed by atoms with Crippen molar-refractivity contribution in [3.63, 3.8) is 0 Å². The van der Waals surface area contributed by atoms with Crippen molar-refractivity contribution >= 4 is 53.1 Å². The molecule has 18 heteroatoms. The zero-order valence-corrected chi connectivity index (χ0v) is 45.9. The van der Waals surface area contributed by atoms with E-state index in [-0.39, 0.29) is 41.4 Å². The number of carbonyl (C=O) groups excluding carboxylic acids is 3. The third-order valence-corrected chi connectivity index (χ3v) is 16.8. The normalized spacial score (nSPS) is 18.8. The van der Waals surface area contributed by atoms with Crippen LogP contribution >= 0.6 is 0 Å². The molecule has 2 unspecified atom stereocenters. The number of hydrogen-bond acceptors (Lipinski definition) is 11. The second-order valence-electron chi connectivity index (χ2n) is 22.1. The molecule has 4 aliphatic rings. The summed E-state index contributed by atoms with van der Waals surface area (Å²) < 4.78 is 7.45. The van der Waals surface area contributed by atoms with E-state index in [9.17, 15) is 14.4 Å². The highest BCUT2D eigenvalue weighted by Crippen LogP contribution is 2.34. The summed E-state index contributed by atoms with van der Waals surface area (Å²) >= 11 is 0. The van der Waals surface area contributed by atoms with Crippen LogP contribution in [0.2, 0.25) is 0 Å². The third kappa shape index (κ3) is 12.3. The number of rotatable bonds is 17. The fourth-order valence-electron chi connectivity index (χ4n) is 11.9. The molecule has 6 N–H and O–H groups in total. The smallest absolute Gasteiger partial charge is 0.262 e. The van der Waals surface area contributed by atoms with Crippen LogP contribution in [0.1, 0.15) is 146 Å². The molecule has 0 spiro atoms. The van der Waals surface area contributed by atoms with Crippen molar-refractivity contribution < 1.29 is 19.0 Å². The molecular weight excluding hydrogens is 979 g/mol. The number of benzene rings is 2. The van der Waals surface area contributed by atoms with Crippen molar-refractivity contribution in [2.75, 3.05) is 48.8 Å². The Morgan fingerprint density at radius 2 is 1.58 bits per heavy atom. The van der Waals surface area contributed by atoms with Gasteiger partial charge in [-0.2, -0.15) is 15.3 Å². The highest BCUT2D eigenvalue weighted by atomic mass is 16.2. The van der Waals surface area contributed by atoms with E-state index in [2.05, 4.69) is 74.4 Å². The molecule has 6 aromatic rings. The number of hydrazine groups is 1. The van der Waals surface area contributed by atoms with Crippen molar-refractivity contribution in [3.8, 4) is 5.69 Å². The summed E-state index contributed by atoms with van der Waals surface area (Å²) in [6.07, 6.45) is 27.1. The van der Waals surface area contributed by atoms with Crippen molar-refractivity contribution in [2.24, 2.45) is 17.7 Å². The fraction of sp³-hybridized carbons (Fsp3) is 0.467. The van der Waals surface area contributed by atoms with Gasteiger partial charge in [-0.1, -0.05) is 81.0 Å². The van der Waals surface area contributed by atoms with Crippen molar-refractivity contribution in [2.45, 2.75) is 136 Å². The van der Waals surface area contributed by atoms with Gasteiger partial charge in [0.25, 0.3) is 11.8 Å². The Hall–Kier alpha value is -7.44. The van der Waals surface area contributed by atoms with Gasteiger partial charge in [-0.15, -0.1) is 0 Å². The average molecular weight is 1060 g/mol. The van der Waals surface area contributed by atoms with E-state index in [1.54, 1.807) is 23.1 Å². The van der Waals surface area contributed by atoms with Gasteiger partial charge in [0.05, 0.1) is 41.6 Å². The summed E-state index contributed by atoms with van der Waals surface area (Å²) in [6.45, 7) is 12.7. The largest absolute Gasteiger partial charge is 0.383 e. The molecule has 0 radical (unpaired) electrons. The molecule has 78 heavy (non-hydrogen) atoms. The predicted molar refractivity (Wildman–Crippen MR) is 306 cm³/mol. The number of aromatic nitrogens is 7. The lowest BCUT2D eigenvalue weighted by atomic mass is 9.86. The van der Waals surface area contributed by atoms with Crippen LogP contribution in [-0.4, -0.2) is 117 Å². The number of piperidine rings is 2. The maximum Gasteiger partial charge on any atom is 0.262 e. The van der Waals surface area contributed by atoms with Crippen LogP contribution in [0.25, 0.3) is 17.5 Å². The summed E-state index contributed by atoms with van der Waals surface area (Å²) in [5.41, 5.74) is 12.9. The number of anilines is 3. The van der Waals surface area contributed by atoms with Crippen LogP contribution in [0, 0.1) is 25.7 Å². The quantitative estimate of drug-likeness (QED) is 0.0386. The van der Waals surface area contributed by atoms with Crippen LogP contribution < -0.4 is 27.2 Å². The molecule has 1 saturated carbocycles. The van der Waals surface area contributed by atoms with Gasteiger partial charge in [0.2, 0.25) is 5.91 Å². The minimum absolute atomic E-state index is 0.0210. The number of amides is 3. The molecule has 2 aromatic carbocycles. The number of nitrogens with one attached hydrogen (secondary N) is 2. The van der Waals surface area contributed by atoms with Gasteiger partial charge in [0, 0.05) is 69.2 Å². The first-order chi connectivity index (χ1) is 37.9. The minimum Gasteiger partial charge on any atom is -0.383 e. The SMILES string of the molecule is CCCC=Cn1ncc(C(=O)NC(=CC(C)C2CC=[N+](C3CCN(C(=O)Cc4ccnc5c(C(=O)Nc6cc(C7CCN(C8CCCCC8)CC7)nn6-c6ccc(C)cc6)cnn45)CC3)CC2)N(N)c2ccc(C)cc2)c1N. The molecule has 1 aliphatic carbocycles. The second-order valence-corrected chi connectivity index (χ2v) is 22.1. The summed E-state index contributed by atoms with van der Waals surface area (Å²) in [7, 11) is 0. The third-order valence-electron chi connectivity index (χ3n) is 16.8. The van der Waals surface area contributed by atoms with E-state index in [0.717, 1.165) is 99.2 Å². The summed E-state index contributed by atoms with van der Waals surface area (Å²) in [4.78, 5) is 51.1. The topological polar surface area (TPSA) is 206 Å². The molecule has 18 nitrogen and oxygen atoms in total. The summed E-state index contributed by atoms with van der Waals surface area (Å²) in [5.74, 6) is 8.09. The molecule has 3 aliphatic heterocycles. The molecule has 3 amide bonds. The molecule has 410 valence electrons. The maximum atomic E-state index is 14.2. The number of allylic oxidation sites excluding steroid dienone is 2. The average Bonchev–Trinajstić information content (AvgIpc) is 4.21. The number of unbranched alkanes of at least 4 members (excludes halogenated alkanes) is 1. The first kappa shape index (κ1) is 53.9. The van der Waals surface area contributed by atoms with Gasteiger partial charge in [-0.25, -0.2) is 29.3 Å². The van der Waals surface area contributed by atoms with Gasteiger partial charge in [-0.05, 0) is 107 Å². The summed E-state index contributed by atoms with van der Waals surface area (Å²) in [6, 6.07) is 20.9.